The minimum Gasteiger partial charge on any atom is -0.491 e. The molecule has 0 heterocycles. The van der Waals surface area contributed by atoms with Crippen molar-refractivity contribution >= 4 is 17.9 Å². The molecule has 345 valence electrons. The summed E-state index contributed by atoms with van der Waals surface area (Å²) < 4.78 is 29.8. The van der Waals surface area contributed by atoms with Gasteiger partial charge in [-0.25, -0.2) is 14.4 Å². The maximum atomic E-state index is 10.7. The van der Waals surface area contributed by atoms with Gasteiger partial charge in [0.1, 0.15) is 75.2 Å². The maximum Gasteiger partial charge on any atom is 0.330 e. The fourth-order valence-corrected chi connectivity index (χ4v) is 2.98. The molecule has 0 saturated carbocycles. The van der Waals surface area contributed by atoms with Crippen LogP contribution in [0.4, 0.5) is 0 Å². The van der Waals surface area contributed by atoms with E-state index in [4.69, 9.17) is 14.2 Å². The molecule has 3 atom stereocenters. The number of carbonyl (C=O) groups excluding carboxylic acids is 3. The first kappa shape index (κ1) is 80.2. The van der Waals surface area contributed by atoms with Gasteiger partial charge < -0.3 is 66.0 Å². The van der Waals surface area contributed by atoms with Crippen LogP contribution in [0.15, 0.2) is 129 Å². The number of para-hydroxylation sites is 3. The predicted molar refractivity (Wildman–Crippen MR) is 240 cm³/mol. The van der Waals surface area contributed by atoms with Crippen LogP contribution in [-0.2, 0) is 127 Å². The van der Waals surface area contributed by atoms with Crippen molar-refractivity contribution in [3.8, 4) is 17.2 Å². The maximum absolute atomic E-state index is 10.7. The van der Waals surface area contributed by atoms with Gasteiger partial charge in [0.25, 0.3) is 0 Å². The van der Waals surface area contributed by atoms with Crippen LogP contribution in [0.3, 0.4) is 0 Å². The van der Waals surface area contributed by atoms with Crippen LogP contribution in [0.2, 0.25) is 0 Å². The van der Waals surface area contributed by atoms with E-state index in [1.54, 1.807) is 36.4 Å². The first-order valence-corrected chi connectivity index (χ1v) is 18.4. The van der Waals surface area contributed by atoms with Gasteiger partial charge in [0, 0.05) is 116 Å². The Kier molecular flexibility index (Phi) is 78.9. The van der Waals surface area contributed by atoms with Crippen molar-refractivity contribution in [3.05, 3.63) is 151 Å². The van der Waals surface area contributed by atoms with Gasteiger partial charge in [-0.15, -0.1) is 0 Å². The molecular formula is C47H73O12Y3-3. The van der Waals surface area contributed by atoms with E-state index in [9.17, 15) is 29.7 Å². The first-order valence-electron chi connectivity index (χ1n) is 18.4. The number of benzene rings is 3. The minimum atomic E-state index is -0.843. The van der Waals surface area contributed by atoms with E-state index < -0.39 is 36.2 Å². The number of hydrogen-bond donors (Lipinski definition) is 3. The average Bonchev–Trinajstić information content (AvgIpc) is 3.24. The molecule has 0 spiro atoms. The molecule has 0 aliphatic rings. The third kappa shape index (κ3) is 55.9. The molecule has 3 unspecified atom stereocenters. The third-order valence-corrected chi connectivity index (χ3v) is 5.31. The number of hydrogen-bond acceptors (Lipinski definition) is 12. The summed E-state index contributed by atoms with van der Waals surface area (Å²) in [6, 6.07) is 27.3. The van der Waals surface area contributed by atoms with Gasteiger partial charge in [0.05, 0.1) is 0 Å². The van der Waals surface area contributed by atoms with Gasteiger partial charge in [-0.05, 0) is 36.4 Å². The predicted octanol–water partition coefficient (Wildman–Crippen LogP) is 8.67. The van der Waals surface area contributed by atoms with E-state index in [1.165, 1.54) is 12.8 Å². The zero-order chi connectivity index (χ0) is 42.8. The number of aliphatic hydroxyl groups excluding tert-OH is 3. The van der Waals surface area contributed by atoms with Crippen LogP contribution in [0, 0.1) is 22.3 Å². The Labute approximate surface area is 450 Å². The summed E-state index contributed by atoms with van der Waals surface area (Å²) in [6.45, 7) is 22.2. The third-order valence-electron chi connectivity index (χ3n) is 5.31. The topological polar surface area (TPSA) is 167 Å². The second kappa shape index (κ2) is 61.0. The van der Waals surface area contributed by atoms with Gasteiger partial charge in [-0.2, -0.15) is 0 Å². The molecule has 0 aliphatic heterocycles. The Balaban J connectivity index is -0.0000000854. The molecule has 0 saturated heterocycles. The fraction of sp³-hybridized carbons (Fsp3) is 0.362. The molecular weight excluding hydrogens is 1020 g/mol. The van der Waals surface area contributed by atoms with Crippen molar-refractivity contribution in [1.82, 2.24) is 0 Å². The average molecular weight is 1100 g/mol. The molecule has 3 aromatic carbocycles. The monoisotopic (exact) mass is 1100 g/mol. The number of esters is 3. The summed E-state index contributed by atoms with van der Waals surface area (Å²) in [5, 5.41) is 28.3. The Morgan fingerprint density at radius 3 is 0.790 bits per heavy atom. The van der Waals surface area contributed by atoms with Crippen LogP contribution in [0.25, 0.3) is 0 Å². The SMILES string of the molecule is C=CC(=O)OCC(O)COc1ccccc1.C=CC(=O)OCC(O)COc1ccccc1.C=CC(=O)OCC(O)COc1ccccc1.CC.CCC.CCC.[CH3-].[CH3-].[CH3-].[Y].[Y].[Y]. The Hall–Kier alpha value is -2.12. The van der Waals surface area contributed by atoms with E-state index in [0.717, 1.165) is 18.2 Å². The molecule has 0 fully saturated rings. The largest absolute Gasteiger partial charge is 0.491 e. The summed E-state index contributed by atoms with van der Waals surface area (Å²) in [4.78, 5) is 32.1. The summed E-state index contributed by atoms with van der Waals surface area (Å²) >= 11 is 0. The summed E-state index contributed by atoms with van der Waals surface area (Å²) in [5.41, 5.74) is 0. The normalized spacial score (nSPS) is 9.63. The number of ether oxygens (including phenoxy) is 6. The Morgan fingerprint density at radius 1 is 0.452 bits per heavy atom. The van der Waals surface area contributed by atoms with Crippen molar-refractivity contribution < 1.29 is 156 Å². The minimum absolute atomic E-state index is 0. The molecule has 0 aliphatic carbocycles. The van der Waals surface area contributed by atoms with E-state index in [1.807, 2.05) is 68.4 Å². The van der Waals surface area contributed by atoms with E-state index in [2.05, 4.69) is 61.6 Å². The van der Waals surface area contributed by atoms with Crippen molar-refractivity contribution in [2.45, 2.75) is 72.7 Å². The Bertz CT molecular complexity index is 1220. The molecule has 3 N–H and O–H groups in total. The van der Waals surface area contributed by atoms with Gasteiger partial charge >= 0.3 is 17.9 Å². The van der Waals surface area contributed by atoms with Crippen molar-refractivity contribution in [2.75, 3.05) is 39.6 Å². The van der Waals surface area contributed by atoms with Crippen LogP contribution in [-0.4, -0.2) is 91.2 Å². The molecule has 3 aromatic rings. The zero-order valence-electron chi connectivity index (χ0n) is 38.7. The van der Waals surface area contributed by atoms with E-state index in [-0.39, 0.29) is 160 Å². The molecule has 0 aromatic heterocycles. The molecule has 3 rings (SSSR count). The molecule has 15 heteroatoms. The van der Waals surface area contributed by atoms with E-state index >= 15 is 0 Å². The van der Waals surface area contributed by atoms with Crippen LogP contribution in [0.1, 0.15) is 54.4 Å². The first-order chi connectivity index (χ1) is 27.0. The van der Waals surface area contributed by atoms with Gasteiger partial charge in [0.15, 0.2) is 0 Å². The molecule has 0 amide bonds. The molecule has 62 heavy (non-hydrogen) atoms. The zero-order valence-corrected chi connectivity index (χ0v) is 47.2. The van der Waals surface area contributed by atoms with E-state index in [0.29, 0.717) is 17.2 Å². The second-order valence-electron chi connectivity index (χ2n) is 10.8. The van der Waals surface area contributed by atoms with Gasteiger partial charge in [-0.1, -0.05) is 129 Å². The number of rotatable bonds is 18. The van der Waals surface area contributed by atoms with Crippen LogP contribution >= 0.6 is 0 Å². The molecule has 12 nitrogen and oxygen atoms in total. The number of carbonyl (C=O) groups is 3. The Morgan fingerprint density at radius 2 is 0.629 bits per heavy atom. The van der Waals surface area contributed by atoms with Gasteiger partial charge in [-0.3, -0.25) is 0 Å². The molecule has 3 radical (unpaired) electrons. The number of aliphatic hydroxyl groups is 3. The smallest absolute Gasteiger partial charge is 0.330 e. The molecule has 0 bridgehead atoms. The second-order valence-corrected chi connectivity index (χ2v) is 10.8. The fourth-order valence-electron chi connectivity index (χ4n) is 2.98. The summed E-state index contributed by atoms with van der Waals surface area (Å²) in [5.74, 6) is 0.320. The van der Waals surface area contributed by atoms with Gasteiger partial charge in [0.2, 0.25) is 0 Å². The van der Waals surface area contributed by atoms with Crippen molar-refractivity contribution in [2.24, 2.45) is 0 Å². The summed E-state index contributed by atoms with van der Waals surface area (Å²) in [7, 11) is 0. The van der Waals surface area contributed by atoms with Crippen molar-refractivity contribution in [3.63, 3.8) is 0 Å². The standard InChI is InChI=1S/3C12H14O4.2C3H8.C2H6.3CH3.3Y/c3*1-2-12(14)16-9-10(13)8-15-11-6-4-3-5-7-11;2*1-3-2;1-2;;;;;;/h3*2-7,10,13H,1,8-9H2;2*3H2,1-2H3;1-2H3;3*1H3;;;/q;;;;;;3*-1;;;. The van der Waals surface area contributed by atoms with Crippen LogP contribution in [0.5, 0.6) is 17.2 Å². The van der Waals surface area contributed by atoms with Crippen LogP contribution < -0.4 is 14.2 Å². The quantitative estimate of drug-likeness (QED) is 0.0481. The summed E-state index contributed by atoms with van der Waals surface area (Å²) in [6.07, 6.45) is 3.11. The van der Waals surface area contributed by atoms with Crippen molar-refractivity contribution in [1.29, 1.82) is 0 Å².